The Morgan fingerprint density at radius 1 is 0.419 bits per heavy atom. The summed E-state index contributed by atoms with van der Waals surface area (Å²) < 4.78 is 4.82. The van der Waals surface area contributed by atoms with Crippen molar-refractivity contribution in [1.29, 1.82) is 0 Å². The van der Waals surface area contributed by atoms with Gasteiger partial charge in [0.15, 0.2) is 5.13 Å². The predicted octanol–water partition coefficient (Wildman–Crippen LogP) is 10.7. The molecular formula is C39H25N3S. The van der Waals surface area contributed by atoms with Crippen molar-refractivity contribution in [3.63, 3.8) is 0 Å². The zero-order valence-corrected chi connectivity index (χ0v) is 24.0. The Hall–Kier alpha value is -5.45. The molecule has 0 radical (unpaired) electrons. The van der Waals surface area contributed by atoms with Crippen molar-refractivity contribution in [2.24, 2.45) is 0 Å². The van der Waals surface area contributed by atoms with Crippen LogP contribution in [0.3, 0.4) is 0 Å². The van der Waals surface area contributed by atoms with Crippen LogP contribution >= 0.6 is 11.3 Å². The van der Waals surface area contributed by atoms with Gasteiger partial charge in [0.2, 0.25) is 0 Å². The quantitative estimate of drug-likeness (QED) is 0.207. The molecule has 0 fully saturated rings. The van der Waals surface area contributed by atoms with E-state index in [-0.39, 0.29) is 0 Å². The molecule has 9 rings (SSSR count). The second-order valence-electron chi connectivity index (χ2n) is 10.8. The normalized spacial score (nSPS) is 11.7. The highest BCUT2D eigenvalue weighted by Crippen LogP contribution is 2.44. The summed E-state index contributed by atoms with van der Waals surface area (Å²) in [7, 11) is 0. The first-order chi connectivity index (χ1) is 21.4. The maximum absolute atomic E-state index is 5.43. The van der Waals surface area contributed by atoms with E-state index in [2.05, 4.69) is 161 Å². The van der Waals surface area contributed by atoms with Gasteiger partial charge in [-0.15, -0.1) is 0 Å². The molecule has 0 saturated carbocycles. The van der Waals surface area contributed by atoms with Gasteiger partial charge in [-0.2, -0.15) is 0 Å². The zero-order valence-electron chi connectivity index (χ0n) is 23.2. The molecule has 0 bridgehead atoms. The van der Waals surface area contributed by atoms with E-state index < -0.39 is 0 Å². The second kappa shape index (κ2) is 9.55. The zero-order chi connectivity index (χ0) is 28.3. The lowest BCUT2D eigenvalue weighted by Gasteiger charge is -2.10. The maximum atomic E-state index is 5.43. The van der Waals surface area contributed by atoms with Crippen LogP contribution in [-0.4, -0.2) is 14.1 Å². The van der Waals surface area contributed by atoms with E-state index in [9.17, 15) is 0 Å². The van der Waals surface area contributed by atoms with E-state index in [0.717, 1.165) is 27.6 Å². The SMILES string of the molecule is c1ccc(-c2nc(-n3c4ccccc4c4ccc5c6ccccc6n(-c6ccccc6)c5c43)sc2-c2ccccc2)cc1. The molecule has 0 N–H and O–H groups in total. The molecule has 0 atom stereocenters. The van der Waals surface area contributed by atoms with Crippen LogP contribution in [0.2, 0.25) is 0 Å². The Labute approximate surface area is 252 Å². The number of nitrogens with zero attached hydrogens (tertiary/aromatic N) is 3. The fourth-order valence-corrected chi connectivity index (χ4v) is 7.64. The van der Waals surface area contributed by atoms with E-state index in [4.69, 9.17) is 4.98 Å². The van der Waals surface area contributed by atoms with Crippen molar-refractivity contribution >= 4 is 54.9 Å². The molecule has 202 valence electrons. The summed E-state index contributed by atoms with van der Waals surface area (Å²) in [5.74, 6) is 0. The third-order valence-corrected chi connectivity index (χ3v) is 9.46. The Morgan fingerprint density at radius 3 is 1.53 bits per heavy atom. The summed E-state index contributed by atoms with van der Waals surface area (Å²) in [5, 5.41) is 5.89. The van der Waals surface area contributed by atoms with Crippen LogP contribution in [-0.2, 0) is 0 Å². The van der Waals surface area contributed by atoms with Gasteiger partial charge in [-0.3, -0.25) is 4.57 Å². The third kappa shape index (κ3) is 3.64. The summed E-state index contributed by atoms with van der Waals surface area (Å²) in [4.78, 5) is 6.60. The molecule has 3 aromatic heterocycles. The van der Waals surface area contributed by atoms with Crippen LogP contribution in [0.25, 0.3) is 76.1 Å². The highest BCUT2D eigenvalue weighted by Gasteiger charge is 2.24. The standard InChI is InChI=1S/C39H25N3S/c1-4-14-26(15-5-1)35-38(27-16-6-2-7-17-27)43-39(40-35)42-34-23-13-11-21-30(34)32-25-24-31-29-20-10-12-22-33(29)41(36(31)37(32)42)28-18-8-3-9-19-28/h1-25H. The highest BCUT2D eigenvalue weighted by molar-refractivity contribution is 7.18. The van der Waals surface area contributed by atoms with Gasteiger partial charge in [-0.05, 0) is 29.8 Å². The topological polar surface area (TPSA) is 22.8 Å². The van der Waals surface area contributed by atoms with Crippen LogP contribution in [0.5, 0.6) is 0 Å². The van der Waals surface area contributed by atoms with Crippen LogP contribution in [0.15, 0.2) is 152 Å². The number of hydrogen-bond donors (Lipinski definition) is 0. The number of benzene rings is 6. The summed E-state index contributed by atoms with van der Waals surface area (Å²) in [6, 6.07) is 53.9. The minimum Gasteiger partial charge on any atom is -0.307 e. The summed E-state index contributed by atoms with van der Waals surface area (Å²) >= 11 is 1.75. The van der Waals surface area contributed by atoms with Crippen LogP contribution in [0.1, 0.15) is 0 Å². The van der Waals surface area contributed by atoms with Gasteiger partial charge in [-0.25, -0.2) is 4.98 Å². The summed E-state index contributed by atoms with van der Waals surface area (Å²) in [6.07, 6.45) is 0. The van der Waals surface area contributed by atoms with Gasteiger partial charge in [0.25, 0.3) is 0 Å². The van der Waals surface area contributed by atoms with Crippen LogP contribution < -0.4 is 0 Å². The van der Waals surface area contributed by atoms with Crippen LogP contribution in [0, 0.1) is 0 Å². The molecule has 3 nitrogen and oxygen atoms in total. The largest absolute Gasteiger partial charge is 0.307 e. The van der Waals surface area contributed by atoms with Crippen molar-refractivity contribution in [3.8, 4) is 32.5 Å². The molecule has 0 aliphatic carbocycles. The molecule has 0 aliphatic rings. The fraction of sp³-hybridized carbons (Fsp3) is 0. The maximum Gasteiger partial charge on any atom is 0.195 e. The molecule has 3 heterocycles. The molecule has 0 spiro atoms. The molecule has 6 aromatic carbocycles. The smallest absolute Gasteiger partial charge is 0.195 e. The van der Waals surface area contributed by atoms with E-state index >= 15 is 0 Å². The summed E-state index contributed by atoms with van der Waals surface area (Å²) in [5.41, 5.74) is 9.17. The van der Waals surface area contributed by atoms with E-state index in [0.29, 0.717) is 0 Å². The molecule has 0 unspecified atom stereocenters. The lowest BCUT2D eigenvalue weighted by molar-refractivity contribution is 1.12. The number of fused-ring (bicyclic) bond motifs is 7. The average Bonchev–Trinajstić information content (AvgIpc) is 3.76. The second-order valence-corrected chi connectivity index (χ2v) is 11.8. The van der Waals surface area contributed by atoms with Gasteiger partial charge in [-0.1, -0.05) is 139 Å². The lowest BCUT2D eigenvalue weighted by atomic mass is 10.1. The van der Waals surface area contributed by atoms with E-state index in [1.54, 1.807) is 11.3 Å². The number of rotatable bonds is 4. The number of aromatic nitrogens is 3. The monoisotopic (exact) mass is 567 g/mol. The Bertz CT molecular complexity index is 2380. The minimum atomic E-state index is 0.960. The van der Waals surface area contributed by atoms with Gasteiger partial charge in [0.05, 0.1) is 32.6 Å². The molecule has 0 amide bonds. The first-order valence-corrected chi connectivity index (χ1v) is 15.3. The van der Waals surface area contributed by atoms with Gasteiger partial charge in [0, 0.05) is 32.8 Å². The van der Waals surface area contributed by atoms with Crippen molar-refractivity contribution in [3.05, 3.63) is 152 Å². The Balaban J connectivity index is 1.47. The first-order valence-electron chi connectivity index (χ1n) is 14.5. The average molecular weight is 568 g/mol. The Morgan fingerprint density at radius 2 is 0.907 bits per heavy atom. The minimum absolute atomic E-state index is 0.960. The Kier molecular flexibility index (Phi) is 5.37. The molecule has 9 aromatic rings. The van der Waals surface area contributed by atoms with Gasteiger partial charge >= 0.3 is 0 Å². The number of thiazole rings is 1. The van der Waals surface area contributed by atoms with Crippen molar-refractivity contribution in [2.75, 3.05) is 0 Å². The van der Waals surface area contributed by atoms with Gasteiger partial charge in [0.1, 0.15) is 0 Å². The molecule has 4 heteroatoms. The molecular weight excluding hydrogens is 543 g/mol. The fourth-order valence-electron chi connectivity index (χ4n) is 6.53. The van der Waals surface area contributed by atoms with Crippen LogP contribution in [0.4, 0.5) is 0 Å². The number of para-hydroxylation sites is 3. The third-order valence-electron chi connectivity index (χ3n) is 8.37. The summed E-state index contributed by atoms with van der Waals surface area (Å²) in [6.45, 7) is 0. The first kappa shape index (κ1) is 24.2. The van der Waals surface area contributed by atoms with Gasteiger partial charge < -0.3 is 4.57 Å². The molecule has 0 aliphatic heterocycles. The number of hydrogen-bond acceptors (Lipinski definition) is 2. The predicted molar refractivity (Wildman–Crippen MR) is 182 cm³/mol. The van der Waals surface area contributed by atoms with E-state index in [1.165, 1.54) is 48.5 Å². The lowest BCUT2D eigenvalue weighted by Crippen LogP contribution is -1.98. The van der Waals surface area contributed by atoms with Crippen molar-refractivity contribution < 1.29 is 0 Å². The van der Waals surface area contributed by atoms with Crippen molar-refractivity contribution in [1.82, 2.24) is 14.1 Å². The molecule has 43 heavy (non-hydrogen) atoms. The van der Waals surface area contributed by atoms with E-state index in [1.807, 2.05) is 0 Å². The van der Waals surface area contributed by atoms with Crippen molar-refractivity contribution in [2.45, 2.75) is 0 Å². The highest BCUT2D eigenvalue weighted by atomic mass is 32.1. The molecule has 0 saturated heterocycles.